The van der Waals surface area contributed by atoms with Crippen LogP contribution < -0.4 is 44.4 Å². The molecule has 3 aromatic rings. The van der Waals surface area contributed by atoms with Crippen LogP contribution in [0.25, 0.3) is 22.3 Å². The number of rotatable bonds is 5. The first kappa shape index (κ1) is 28.8. The number of hydrogen-bond acceptors (Lipinski definition) is 0. The van der Waals surface area contributed by atoms with Crippen LogP contribution in [0.1, 0.15) is 43.2 Å². The summed E-state index contributed by atoms with van der Waals surface area (Å²) in [5.41, 5.74) is 8.62. The third-order valence-electron chi connectivity index (χ3n) is 7.97. The molecule has 0 saturated carbocycles. The van der Waals surface area contributed by atoms with Gasteiger partial charge in [0, 0.05) is 23.7 Å². The van der Waals surface area contributed by atoms with Crippen molar-refractivity contribution >= 4 is 11.1 Å². The van der Waals surface area contributed by atoms with Crippen LogP contribution >= 0.6 is 0 Å². The molecule has 3 aromatic carbocycles. The summed E-state index contributed by atoms with van der Waals surface area (Å²) >= 11 is 0. The molecule has 2 unspecified atom stereocenters. The average Bonchev–Trinajstić information content (AvgIpc) is 3.38. The molecule has 0 heterocycles. The molecule has 3 heteroatoms. The Morgan fingerprint density at radius 1 is 0.806 bits per heavy atom. The van der Waals surface area contributed by atoms with Gasteiger partial charge in [0.05, 0.1) is 0 Å². The molecule has 3 aliphatic carbocycles. The molecule has 0 nitrogen and oxygen atoms in total. The smallest absolute Gasteiger partial charge is 1.00 e. The normalized spacial score (nSPS) is 17.8. The first-order chi connectivity index (χ1) is 16.2. The minimum absolute atomic E-state index is 0. The number of allylic oxidation sites excluding steroid dienone is 4. The Morgan fingerprint density at radius 2 is 1.39 bits per heavy atom. The molecule has 6 rings (SSSR count). The number of terminal acetylenes is 1. The van der Waals surface area contributed by atoms with Crippen molar-refractivity contribution in [3.05, 3.63) is 119 Å². The van der Waals surface area contributed by atoms with E-state index in [4.69, 9.17) is 6.42 Å². The second-order valence-corrected chi connectivity index (χ2v) is 9.72. The Labute approximate surface area is 255 Å². The van der Waals surface area contributed by atoms with Crippen molar-refractivity contribution < 1.29 is 60.2 Å². The minimum atomic E-state index is -0.0579. The second-order valence-electron chi connectivity index (χ2n) is 9.72. The van der Waals surface area contributed by atoms with E-state index in [0.717, 1.165) is 19.3 Å². The zero-order valence-corrected chi connectivity index (χ0v) is 26.0. The van der Waals surface area contributed by atoms with Gasteiger partial charge in [0.15, 0.2) is 0 Å². The fourth-order valence-electron chi connectivity index (χ4n) is 6.69. The molecule has 0 bridgehead atoms. The van der Waals surface area contributed by atoms with Crippen molar-refractivity contribution in [1.29, 1.82) is 0 Å². The summed E-state index contributed by atoms with van der Waals surface area (Å²) in [4.78, 5) is 0. The maximum atomic E-state index is 5.72. The summed E-state index contributed by atoms with van der Waals surface area (Å²) in [6.07, 6.45) is 17.7. The van der Waals surface area contributed by atoms with Gasteiger partial charge in [-0.25, -0.2) is 0 Å². The van der Waals surface area contributed by atoms with Gasteiger partial charge in [-0.15, -0.1) is 12.3 Å². The molecule has 3 aliphatic rings. The third kappa shape index (κ3) is 4.45. The van der Waals surface area contributed by atoms with Crippen molar-refractivity contribution in [3.8, 4) is 23.5 Å². The molecule has 2 atom stereocenters. The Hall–Kier alpha value is -1.72. The van der Waals surface area contributed by atoms with Gasteiger partial charge in [-0.05, 0) is 56.7 Å². The molecule has 0 N–H and O–H groups in total. The fourth-order valence-corrected chi connectivity index (χ4v) is 6.69. The van der Waals surface area contributed by atoms with E-state index in [0.29, 0.717) is 11.8 Å². The van der Waals surface area contributed by atoms with E-state index in [2.05, 4.69) is 110 Å². The zero-order valence-electron chi connectivity index (χ0n) is 20.3. The van der Waals surface area contributed by atoms with Gasteiger partial charge in [-0.2, -0.15) is 0 Å². The number of halogens is 2. The maximum absolute atomic E-state index is 5.72. The molecule has 0 spiro atoms. The fraction of sp³-hybridized carbons (Fsp3) is 0.212. The van der Waals surface area contributed by atoms with E-state index in [9.17, 15) is 0 Å². The van der Waals surface area contributed by atoms with Crippen molar-refractivity contribution in [2.75, 3.05) is 0 Å². The molecule has 0 radical (unpaired) electrons. The Bertz CT molecular complexity index is 1440. The summed E-state index contributed by atoms with van der Waals surface area (Å²) in [6, 6.07) is 27.0. The van der Waals surface area contributed by atoms with Gasteiger partial charge in [0.1, 0.15) is 0 Å². The average molecular weight is 676 g/mol. The van der Waals surface area contributed by atoms with Crippen LogP contribution in [-0.4, -0.2) is 0 Å². The van der Waals surface area contributed by atoms with Crippen LogP contribution in [0.15, 0.2) is 97.1 Å². The van der Waals surface area contributed by atoms with E-state index in [1.165, 1.54) is 38.3 Å². The SMILES string of the molecule is C#CCCCC(C)(C1=c2ccccc2=C2C=CC=CC21)C1c2ccccc2-c2ccccc21.[Br-].[Br-].[Zr+2]. The van der Waals surface area contributed by atoms with Crippen molar-refractivity contribution in [2.24, 2.45) is 11.3 Å². The monoisotopic (exact) mass is 672 g/mol. The molecule has 0 aliphatic heterocycles. The number of unbranched alkanes of at least 4 members (excludes halogenated alkanes) is 1. The third-order valence-corrected chi connectivity index (χ3v) is 7.97. The summed E-state index contributed by atoms with van der Waals surface area (Å²) in [5.74, 6) is 3.53. The molecular formula is C33H28Br2Zr. The molecular weight excluding hydrogens is 647 g/mol. The maximum Gasteiger partial charge on any atom is 2.00 e. The summed E-state index contributed by atoms with van der Waals surface area (Å²) in [5, 5.41) is 2.81. The number of hydrogen-bond donors (Lipinski definition) is 0. The molecule has 0 amide bonds. The first-order valence-electron chi connectivity index (χ1n) is 12.0. The van der Waals surface area contributed by atoms with Crippen molar-refractivity contribution in [3.63, 3.8) is 0 Å². The van der Waals surface area contributed by atoms with E-state index < -0.39 is 0 Å². The molecule has 178 valence electrons. The second kappa shape index (κ2) is 11.8. The Balaban J connectivity index is 0.00000120. The van der Waals surface area contributed by atoms with Gasteiger partial charge in [0.25, 0.3) is 0 Å². The van der Waals surface area contributed by atoms with Gasteiger partial charge >= 0.3 is 26.2 Å². The summed E-state index contributed by atoms with van der Waals surface area (Å²) in [7, 11) is 0. The molecule has 0 fully saturated rings. The largest absolute Gasteiger partial charge is 2.00 e. The molecule has 36 heavy (non-hydrogen) atoms. The Morgan fingerprint density at radius 3 is 2.03 bits per heavy atom. The van der Waals surface area contributed by atoms with Crippen LogP contribution in [0.2, 0.25) is 0 Å². The van der Waals surface area contributed by atoms with Gasteiger partial charge in [0.2, 0.25) is 0 Å². The predicted octanol–water partition coefficient (Wildman–Crippen LogP) is 0.372. The van der Waals surface area contributed by atoms with Crippen molar-refractivity contribution in [2.45, 2.75) is 32.1 Å². The predicted molar refractivity (Wildman–Crippen MR) is 139 cm³/mol. The first-order valence-corrected chi connectivity index (χ1v) is 12.0. The van der Waals surface area contributed by atoms with Gasteiger partial charge in [-0.3, -0.25) is 0 Å². The van der Waals surface area contributed by atoms with E-state index in [1.807, 2.05) is 0 Å². The standard InChI is InChI=1S/C33H28.2BrH.Zr/c1-3-4-13-22-33(2,31-27-18-9-5-14-23(27)24-15-6-10-19-28(24)31)32-29-20-11-7-16-25(29)26-17-8-12-21-30(26)32;;;/h1,5-12,14-21,27,32H,4,13,22H2,2H3;2*1H;/q;;;+2/p-2. The summed E-state index contributed by atoms with van der Waals surface area (Å²) < 4.78 is 0. The van der Waals surface area contributed by atoms with Gasteiger partial charge in [-0.1, -0.05) is 104 Å². The van der Waals surface area contributed by atoms with Gasteiger partial charge < -0.3 is 34.0 Å². The van der Waals surface area contributed by atoms with Crippen LogP contribution in [0.5, 0.6) is 0 Å². The van der Waals surface area contributed by atoms with E-state index >= 15 is 0 Å². The van der Waals surface area contributed by atoms with E-state index in [1.54, 1.807) is 5.57 Å². The quantitative estimate of drug-likeness (QED) is 0.271. The minimum Gasteiger partial charge on any atom is -1.00 e. The number of benzene rings is 3. The summed E-state index contributed by atoms with van der Waals surface area (Å²) in [6.45, 7) is 2.51. The van der Waals surface area contributed by atoms with Crippen LogP contribution in [0.3, 0.4) is 0 Å². The van der Waals surface area contributed by atoms with Crippen LogP contribution in [0, 0.1) is 23.7 Å². The van der Waals surface area contributed by atoms with Crippen LogP contribution in [-0.2, 0) is 26.2 Å². The topological polar surface area (TPSA) is 0 Å². The van der Waals surface area contributed by atoms with Crippen molar-refractivity contribution in [1.82, 2.24) is 0 Å². The van der Waals surface area contributed by atoms with Crippen LogP contribution in [0.4, 0.5) is 0 Å². The van der Waals surface area contributed by atoms with E-state index in [-0.39, 0.29) is 65.6 Å². The Kier molecular flexibility index (Phi) is 9.43. The molecule has 0 aromatic heterocycles. The number of fused-ring (bicyclic) bond motifs is 5. The molecule has 0 saturated heterocycles. The zero-order chi connectivity index (χ0) is 22.4.